The molecule has 0 aliphatic carbocycles. The number of aliphatic carboxylic acids is 1. The summed E-state index contributed by atoms with van der Waals surface area (Å²) in [5.74, 6) is -1.19. The minimum Gasteiger partial charge on any atom is -0.481 e. The van der Waals surface area contributed by atoms with E-state index in [1.54, 1.807) is 4.90 Å². The Bertz CT molecular complexity index is 432. The fourth-order valence-corrected chi connectivity index (χ4v) is 1.83. The monoisotopic (exact) mass is 233 g/mol. The van der Waals surface area contributed by atoms with Crippen molar-refractivity contribution in [3.63, 3.8) is 0 Å². The number of hydrogen-bond acceptors (Lipinski definition) is 2. The van der Waals surface area contributed by atoms with Gasteiger partial charge in [0.25, 0.3) is 0 Å². The summed E-state index contributed by atoms with van der Waals surface area (Å²) in [6, 6.07) is 7.81. The molecule has 17 heavy (non-hydrogen) atoms. The van der Waals surface area contributed by atoms with Gasteiger partial charge in [0.2, 0.25) is 5.91 Å². The molecular weight excluding hydrogens is 218 g/mol. The standard InChI is InChI=1S/C13H15NO3/c1-9-2-4-10(5-3-9)6-12(15)14-7-11(8-14)13(16)17/h2-5,11H,6-8H2,1H3,(H,16,17). The van der Waals surface area contributed by atoms with Crippen LogP contribution in [0.4, 0.5) is 0 Å². The van der Waals surface area contributed by atoms with E-state index in [0.29, 0.717) is 19.5 Å². The minimum atomic E-state index is -0.815. The van der Waals surface area contributed by atoms with E-state index < -0.39 is 5.97 Å². The van der Waals surface area contributed by atoms with Gasteiger partial charge in [-0.15, -0.1) is 0 Å². The number of nitrogens with zero attached hydrogens (tertiary/aromatic N) is 1. The predicted molar refractivity (Wildman–Crippen MR) is 62.6 cm³/mol. The average Bonchev–Trinajstić information content (AvgIpc) is 2.18. The van der Waals surface area contributed by atoms with Crippen LogP contribution in [0, 0.1) is 12.8 Å². The van der Waals surface area contributed by atoms with E-state index >= 15 is 0 Å². The summed E-state index contributed by atoms with van der Waals surface area (Å²) in [5.41, 5.74) is 2.13. The third-order valence-corrected chi connectivity index (χ3v) is 3.06. The molecule has 1 fully saturated rings. The van der Waals surface area contributed by atoms with E-state index in [-0.39, 0.29) is 11.8 Å². The van der Waals surface area contributed by atoms with Crippen LogP contribution in [0.5, 0.6) is 0 Å². The third kappa shape index (κ3) is 2.64. The van der Waals surface area contributed by atoms with E-state index in [0.717, 1.165) is 11.1 Å². The van der Waals surface area contributed by atoms with Crippen LogP contribution in [-0.2, 0) is 16.0 Å². The summed E-state index contributed by atoms with van der Waals surface area (Å²) in [6.07, 6.45) is 0.354. The molecule has 4 heteroatoms. The fourth-order valence-electron chi connectivity index (χ4n) is 1.83. The summed E-state index contributed by atoms with van der Waals surface area (Å²) in [6.45, 7) is 2.69. The summed E-state index contributed by atoms with van der Waals surface area (Å²) in [5, 5.41) is 8.72. The van der Waals surface area contributed by atoms with E-state index in [2.05, 4.69) is 0 Å². The number of carboxylic acid groups (broad SMARTS) is 1. The molecule has 1 saturated heterocycles. The number of carbonyl (C=O) groups excluding carboxylic acids is 1. The molecule has 1 heterocycles. The molecule has 0 unspecified atom stereocenters. The molecule has 0 aromatic heterocycles. The molecule has 1 aliphatic heterocycles. The predicted octanol–water partition coefficient (Wildman–Crippen LogP) is 1.08. The highest BCUT2D eigenvalue weighted by Gasteiger charge is 2.35. The normalized spacial score (nSPS) is 15.5. The Kier molecular flexibility index (Phi) is 3.13. The van der Waals surface area contributed by atoms with Gasteiger partial charge in [0.05, 0.1) is 12.3 Å². The molecule has 1 aliphatic rings. The van der Waals surface area contributed by atoms with Crippen LogP contribution in [0.25, 0.3) is 0 Å². The zero-order valence-electron chi connectivity index (χ0n) is 9.72. The van der Waals surface area contributed by atoms with E-state index in [4.69, 9.17) is 5.11 Å². The SMILES string of the molecule is Cc1ccc(CC(=O)N2CC(C(=O)O)C2)cc1. The van der Waals surface area contributed by atoms with Crippen molar-refractivity contribution in [1.82, 2.24) is 4.90 Å². The highest BCUT2D eigenvalue weighted by molar-refractivity contribution is 5.82. The second kappa shape index (κ2) is 4.57. The number of rotatable bonds is 3. The maximum atomic E-state index is 11.8. The molecule has 1 aromatic rings. The fraction of sp³-hybridized carbons (Fsp3) is 0.385. The van der Waals surface area contributed by atoms with Crippen molar-refractivity contribution in [2.75, 3.05) is 13.1 Å². The summed E-state index contributed by atoms with van der Waals surface area (Å²) in [7, 11) is 0. The number of hydrogen-bond donors (Lipinski definition) is 1. The average molecular weight is 233 g/mol. The number of benzene rings is 1. The number of carbonyl (C=O) groups is 2. The van der Waals surface area contributed by atoms with Crippen molar-refractivity contribution in [2.24, 2.45) is 5.92 Å². The van der Waals surface area contributed by atoms with Crippen LogP contribution in [0.3, 0.4) is 0 Å². The maximum Gasteiger partial charge on any atom is 0.310 e. The third-order valence-electron chi connectivity index (χ3n) is 3.06. The Labute approximate surface area is 99.9 Å². The van der Waals surface area contributed by atoms with Crippen LogP contribution >= 0.6 is 0 Å². The molecule has 1 aromatic carbocycles. The number of carboxylic acids is 1. The molecular formula is C13H15NO3. The largest absolute Gasteiger partial charge is 0.481 e. The molecule has 90 valence electrons. The first kappa shape index (κ1) is 11.6. The van der Waals surface area contributed by atoms with Gasteiger partial charge in [-0.05, 0) is 12.5 Å². The van der Waals surface area contributed by atoms with Crippen LogP contribution in [0.15, 0.2) is 24.3 Å². The highest BCUT2D eigenvalue weighted by atomic mass is 16.4. The topological polar surface area (TPSA) is 57.6 Å². The van der Waals surface area contributed by atoms with E-state index in [1.807, 2.05) is 31.2 Å². The van der Waals surface area contributed by atoms with Gasteiger partial charge in [-0.2, -0.15) is 0 Å². The molecule has 0 bridgehead atoms. The minimum absolute atomic E-state index is 0.00588. The van der Waals surface area contributed by atoms with Gasteiger partial charge < -0.3 is 10.0 Å². The molecule has 0 spiro atoms. The Hall–Kier alpha value is -1.84. The summed E-state index contributed by atoms with van der Waals surface area (Å²) in [4.78, 5) is 24.0. The zero-order valence-corrected chi connectivity index (χ0v) is 9.72. The number of likely N-dealkylation sites (tertiary alicyclic amines) is 1. The van der Waals surface area contributed by atoms with Crippen molar-refractivity contribution >= 4 is 11.9 Å². The highest BCUT2D eigenvalue weighted by Crippen LogP contribution is 2.17. The molecule has 0 atom stereocenters. The lowest BCUT2D eigenvalue weighted by Crippen LogP contribution is -2.53. The van der Waals surface area contributed by atoms with Crippen LogP contribution in [0.2, 0.25) is 0 Å². The lowest BCUT2D eigenvalue weighted by Gasteiger charge is -2.36. The van der Waals surface area contributed by atoms with Crippen LogP contribution in [0.1, 0.15) is 11.1 Å². The summed E-state index contributed by atoms with van der Waals surface area (Å²) >= 11 is 0. The molecule has 4 nitrogen and oxygen atoms in total. The van der Waals surface area contributed by atoms with Crippen molar-refractivity contribution in [2.45, 2.75) is 13.3 Å². The first-order valence-electron chi connectivity index (χ1n) is 5.62. The number of amides is 1. The molecule has 2 rings (SSSR count). The van der Waals surface area contributed by atoms with Crippen molar-refractivity contribution in [1.29, 1.82) is 0 Å². The zero-order chi connectivity index (χ0) is 12.4. The smallest absolute Gasteiger partial charge is 0.310 e. The van der Waals surface area contributed by atoms with Gasteiger partial charge in [-0.3, -0.25) is 9.59 Å². The van der Waals surface area contributed by atoms with Gasteiger partial charge in [-0.25, -0.2) is 0 Å². The van der Waals surface area contributed by atoms with E-state index in [1.165, 1.54) is 0 Å². The lowest BCUT2D eigenvalue weighted by atomic mass is 9.99. The molecule has 0 radical (unpaired) electrons. The Morgan fingerprint density at radius 1 is 1.29 bits per heavy atom. The quantitative estimate of drug-likeness (QED) is 0.850. The second-order valence-electron chi connectivity index (χ2n) is 4.50. The lowest BCUT2D eigenvalue weighted by molar-refractivity contribution is -0.152. The molecule has 1 N–H and O–H groups in total. The van der Waals surface area contributed by atoms with Gasteiger partial charge in [0, 0.05) is 13.1 Å². The molecule has 1 amide bonds. The van der Waals surface area contributed by atoms with Crippen molar-refractivity contribution in [3.8, 4) is 0 Å². The number of aryl methyl sites for hydroxylation is 1. The van der Waals surface area contributed by atoms with Gasteiger partial charge in [0.1, 0.15) is 0 Å². The van der Waals surface area contributed by atoms with Crippen molar-refractivity contribution in [3.05, 3.63) is 35.4 Å². The van der Waals surface area contributed by atoms with Gasteiger partial charge >= 0.3 is 5.97 Å². The van der Waals surface area contributed by atoms with Crippen LogP contribution in [-0.4, -0.2) is 35.0 Å². The first-order chi connectivity index (χ1) is 8.06. The van der Waals surface area contributed by atoms with E-state index in [9.17, 15) is 9.59 Å². The Morgan fingerprint density at radius 2 is 1.88 bits per heavy atom. The van der Waals surface area contributed by atoms with Gasteiger partial charge in [-0.1, -0.05) is 29.8 Å². The Balaban J connectivity index is 1.87. The van der Waals surface area contributed by atoms with Gasteiger partial charge in [0.15, 0.2) is 0 Å². The first-order valence-corrected chi connectivity index (χ1v) is 5.62. The van der Waals surface area contributed by atoms with Crippen molar-refractivity contribution < 1.29 is 14.7 Å². The Morgan fingerprint density at radius 3 is 2.41 bits per heavy atom. The summed E-state index contributed by atoms with van der Waals surface area (Å²) < 4.78 is 0. The second-order valence-corrected chi connectivity index (χ2v) is 4.50. The van der Waals surface area contributed by atoms with Crippen LogP contribution < -0.4 is 0 Å². The molecule has 0 saturated carbocycles. The maximum absolute atomic E-state index is 11.8.